The number of halogens is 1. The fourth-order valence-electron chi connectivity index (χ4n) is 4.67. The molecule has 33 heavy (non-hydrogen) atoms. The zero-order chi connectivity index (χ0) is 23.4. The zero-order valence-electron chi connectivity index (χ0n) is 18.6. The number of hydrogen-bond donors (Lipinski definition) is 1. The Morgan fingerprint density at radius 3 is 2.64 bits per heavy atom. The maximum absolute atomic E-state index is 13.4. The number of H-pyrrole nitrogens is 1. The van der Waals surface area contributed by atoms with E-state index in [1.165, 1.54) is 16.7 Å². The second-order valence-corrected chi connectivity index (χ2v) is 8.39. The first-order valence-corrected chi connectivity index (χ1v) is 11.3. The van der Waals surface area contributed by atoms with Crippen LogP contribution < -0.4 is 11.2 Å². The summed E-state index contributed by atoms with van der Waals surface area (Å²) in [5.41, 5.74) is 0.749. The second-order valence-electron chi connectivity index (χ2n) is 8.39. The molecule has 1 N–H and O–H groups in total. The number of esters is 1. The van der Waals surface area contributed by atoms with Gasteiger partial charge in [0, 0.05) is 13.1 Å². The summed E-state index contributed by atoms with van der Waals surface area (Å²) in [6.45, 7) is 4.31. The van der Waals surface area contributed by atoms with Crippen LogP contribution in [0.5, 0.6) is 0 Å². The number of likely N-dealkylation sites (tertiary alicyclic amines) is 1. The van der Waals surface area contributed by atoms with E-state index in [1.807, 2.05) is 0 Å². The standard InChI is InChI=1S/C25H28FN3O4/c1-2-33-24(31)21-16-28(15-12-19(21)17-8-10-18(26)11-9-17)13-5-14-29-23(30)20-6-3-4-7-22(20)27-25(29)32/h3-4,6-11,19,21H,2,5,12-16H2,1H3,(H,27,32)/t19-,21-/m0/s1. The molecular formula is C25H28FN3O4. The van der Waals surface area contributed by atoms with Crippen LogP contribution in [0, 0.1) is 11.7 Å². The highest BCUT2D eigenvalue weighted by Crippen LogP contribution is 2.34. The number of fused-ring (bicyclic) bond motifs is 1. The van der Waals surface area contributed by atoms with Crippen molar-refractivity contribution in [2.75, 3.05) is 26.2 Å². The molecule has 0 radical (unpaired) electrons. The number of nitrogens with one attached hydrogen (secondary N) is 1. The molecule has 1 fully saturated rings. The summed E-state index contributed by atoms with van der Waals surface area (Å²) in [7, 11) is 0. The lowest BCUT2D eigenvalue weighted by atomic mass is 9.80. The summed E-state index contributed by atoms with van der Waals surface area (Å²) < 4.78 is 19.9. The van der Waals surface area contributed by atoms with Crippen LogP contribution in [0.4, 0.5) is 4.39 Å². The first-order valence-electron chi connectivity index (χ1n) is 11.3. The molecule has 4 rings (SSSR count). The molecule has 1 saturated heterocycles. The van der Waals surface area contributed by atoms with E-state index in [9.17, 15) is 18.8 Å². The fourth-order valence-corrected chi connectivity index (χ4v) is 4.67. The Kier molecular flexibility index (Phi) is 7.03. The van der Waals surface area contributed by atoms with E-state index in [2.05, 4.69) is 9.88 Å². The number of carbonyl (C=O) groups is 1. The molecule has 7 nitrogen and oxygen atoms in total. The van der Waals surface area contributed by atoms with E-state index < -0.39 is 5.69 Å². The van der Waals surface area contributed by atoms with E-state index in [0.29, 0.717) is 43.6 Å². The van der Waals surface area contributed by atoms with E-state index in [4.69, 9.17) is 4.74 Å². The van der Waals surface area contributed by atoms with Crippen LogP contribution in [0.15, 0.2) is 58.1 Å². The number of para-hydroxylation sites is 1. The molecule has 1 aliphatic rings. The molecule has 0 saturated carbocycles. The van der Waals surface area contributed by atoms with Crippen molar-refractivity contribution in [1.82, 2.24) is 14.5 Å². The number of piperidine rings is 1. The van der Waals surface area contributed by atoms with Gasteiger partial charge in [-0.25, -0.2) is 9.18 Å². The molecule has 2 aromatic carbocycles. The fraction of sp³-hybridized carbons (Fsp3) is 0.400. The molecule has 1 aliphatic heterocycles. The number of ether oxygens (including phenoxy) is 1. The molecule has 8 heteroatoms. The largest absolute Gasteiger partial charge is 0.466 e. The van der Waals surface area contributed by atoms with Gasteiger partial charge in [-0.1, -0.05) is 24.3 Å². The van der Waals surface area contributed by atoms with Crippen LogP contribution in [0.1, 0.15) is 31.2 Å². The maximum Gasteiger partial charge on any atom is 0.328 e. The van der Waals surface area contributed by atoms with Crippen molar-refractivity contribution in [3.05, 3.63) is 80.7 Å². The van der Waals surface area contributed by atoms with Gasteiger partial charge in [0.1, 0.15) is 5.82 Å². The van der Waals surface area contributed by atoms with Crippen molar-refractivity contribution in [3.8, 4) is 0 Å². The molecular weight excluding hydrogens is 425 g/mol. The molecule has 0 aliphatic carbocycles. The van der Waals surface area contributed by atoms with Gasteiger partial charge in [-0.2, -0.15) is 0 Å². The van der Waals surface area contributed by atoms with Gasteiger partial charge in [0.2, 0.25) is 0 Å². The van der Waals surface area contributed by atoms with Crippen molar-refractivity contribution >= 4 is 16.9 Å². The molecule has 1 aromatic heterocycles. The van der Waals surface area contributed by atoms with E-state index in [1.54, 1.807) is 43.3 Å². The van der Waals surface area contributed by atoms with Gasteiger partial charge < -0.3 is 14.6 Å². The Morgan fingerprint density at radius 1 is 1.12 bits per heavy atom. The lowest BCUT2D eigenvalue weighted by Gasteiger charge is -2.37. The summed E-state index contributed by atoms with van der Waals surface area (Å²) in [4.78, 5) is 42.7. The van der Waals surface area contributed by atoms with Crippen molar-refractivity contribution < 1.29 is 13.9 Å². The Balaban J connectivity index is 1.44. The highest BCUT2D eigenvalue weighted by Gasteiger charge is 2.36. The van der Waals surface area contributed by atoms with Crippen molar-refractivity contribution in [3.63, 3.8) is 0 Å². The van der Waals surface area contributed by atoms with Crippen LogP contribution >= 0.6 is 0 Å². The van der Waals surface area contributed by atoms with E-state index in [0.717, 1.165) is 18.5 Å². The Labute approximate surface area is 190 Å². The smallest absolute Gasteiger partial charge is 0.328 e. The van der Waals surface area contributed by atoms with Crippen LogP contribution in [0.25, 0.3) is 10.9 Å². The molecule has 2 heterocycles. The van der Waals surface area contributed by atoms with Gasteiger partial charge in [0.05, 0.1) is 23.4 Å². The number of aromatic nitrogens is 2. The summed E-state index contributed by atoms with van der Waals surface area (Å²) >= 11 is 0. The van der Waals surface area contributed by atoms with Gasteiger partial charge in [-0.05, 0) is 68.6 Å². The Bertz CT molecular complexity index is 1230. The molecule has 3 aromatic rings. The van der Waals surface area contributed by atoms with Gasteiger partial charge >= 0.3 is 11.7 Å². The second kappa shape index (κ2) is 10.1. The van der Waals surface area contributed by atoms with Gasteiger partial charge in [-0.3, -0.25) is 14.2 Å². The van der Waals surface area contributed by atoms with Crippen LogP contribution in [0.2, 0.25) is 0 Å². The number of aromatic amines is 1. The highest BCUT2D eigenvalue weighted by atomic mass is 19.1. The summed E-state index contributed by atoms with van der Waals surface area (Å²) in [6.07, 6.45) is 1.34. The molecule has 0 amide bonds. The van der Waals surface area contributed by atoms with Crippen LogP contribution in [-0.2, 0) is 16.1 Å². The monoisotopic (exact) mass is 453 g/mol. The number of nitrogens with zero attached hydrogens (tertiary/aromatic N) is 2. The first-order chi connectivity index (χ1) is 16.0. The predicted molar refractivity (Wildman–Crippen MR) is 124 cm³/mol. The summed E-state index contributed by atoms with van der Waals surface area (Å²) in [5.74, 6) is -0.940. The third kappa shape index (κ3) is 5.06. The molecule has 0 spiro atoms. The molecule has 0 unspecified atom stereocenters. The van der Waals surface area contributed by atoms with Crippen molar-refractivity contribution in [1.29, 1.82) is 0 Å². The minimum absolute atomic E-state index is 0.0353. The Hall–Kier alpha value is -3.26. The van der Waals surface area contributed by atoms with Gasteiger partial charge in [0.25, 0.3) is 5.56 Å². The average molecular weight is 454 g/mol. The van der Waals surface area contributed by atoms with Gasteiger partial charge in [0.15, 0.2) is 0 Å². The number of rotatable bonds is 7. The first kappa shape index (κ1) is 22.9. The quantitative estimate of drug-likeness (QED) is 0.556. The molecule has 0 bridgehead atoms. The molecule has 2 atom stereocenters. The minimum Gasteiger partial charge on any atom is -0.466 e. The lowest BCUT2D eigenvalue weighted by molar-refractivity contribution is -0.150. The average Bonchev–Trinajstić information content (AvgIpc) is 2.82. The van der Waals surface area contributed by atoms with E-state index >= 15 is 0 Å². The summed E-state index contributed by atoms with van der Waals surface area (Å²) in [5, 5.41) is 0.486. The highest BCUT2D eigenvalue weighted by molar-refractivity contribution is 5.77. The molecule has 174 valence electrons. The lowest BCUT2D eigenvalue weighted by Crippen LogP contribution is -2.44. The van der Waals surface area contributed by atoms with Crippen LogP contribution in [-0.4, -0.2) is 46.7 Å². The normalized spacial score (nSPS) is 19.0. The van der Waals surface area contributed by atoms with Crippen LogP contribution in [0.3, 0.4) is 0 Å². The van der Waals surface area contributed by atoms with Crippen molar-refractivity contribution in [2.24, 2.45) is 5.92 Å². The maximum atomic E-state index is 13.4. The van der Waals surface area contributed by atoms with Gasteiger partial charge in [-0.15, -0.1) is 0 Å². The number of benzene rings is 2. The topological polar surface area (TPSA) is 84.4 Å². The summed E-state index contributed by atoms with van der Waals surface area (Å²) in [6, 6.07) is 13.3. The SMILES string of the molecule is CCOC(=O)[C@H]1CN(CCCn2c(=O)[nH]c3ccccc3c2=O)CC[C@H]1c1ccc(F)cc1. The number of hydrogen-bond acceptors (Lipinski definition) is 5. The zero-order valence-corrected chi connectivity index (χ0v) is 18.6. The number of carbonyl (C=O) groups excluding carboxylic acids is 1. The van der Waals surface area contributed by atoms with Crippen molar-refractivity contribution in [2.45, 2.75) is 32.2 Å². The predicted octanol–water partition coefficient (Wildman–Crippen LogP) is 2.89. The Morgan fingerprint density at radius 2 is 1.88 bits per heavy atom. The third-order valence-corrected chi connectivity index (χ3v) is 6.33. The third-order valence-electron chi connectivity index (χ3n) is 6.33. The van der Waals surface area contributed by atoms with E-state index in [-0.39, 0.29) is 29.2 Å². The minimum atomic E-state index is -0.418.